The molecule has 1 rings (SSSR count). The van der Waals surface area contributed by atoms with E-state index >= 15 is 0 Å². The van der Waals surface area contributed by atoms with Crippen LogP contribution in [-0.4, -0.2) is 60.7 Å². The van der Waals surface area contributed by atoms with Gasteiger partial charge in [0.05, 0.1) is 19.3 Å². The predicted molar refractivity (Wildman–Crippen MR) is 67.2 cm³/mol. The normalized spacial score (nSPS) is 20.4. The van der Waals surface area contributed by atoms with E-state index in [-0.39, 0.29) is 31.6 Å². The van der Waals surface area contributed by atoms with E-state index in [2.05, 4.69) is 10.6 Å². The number of carbonyl (C=O) groups excluding carboxylic acids is 1. The lowest BCUT2D eigenvalue weighted by Gasteiger charge is -2.23. The number of nitrogens with one attached hydrogen (secondary N) is 2. The van der Waals surface area contributed by atoms with Crippen LogP contribution in [0.15, 0.2) is 0 Å². The Morgan fingerprint density at radius 2 is 2.17 bits per heavy atom. The van der Waals surface area contributed by atoms with Crippen molar-refractivity contribution in [1.29, 1.82) is 0 Å². The Morgan fingerprint density at radius 3 is 2.78 bits per heavy atom. The van der Waals surface area contributed by atoms with Crippen LogP contribution in [0.4, 0.5) is 0 Å². The number of hydrogen-bond donors (Lipinski definition) is 4. The molecule has 0 aromatic rings. The summed E-state index contributed by atoms with van der Waals surface area (Å²) in [6.07, 6.45) is 2.51. The van der Waals surface area contributed by atoms with Crippen LogP contribution in [0, 0.1) is 0 Å². The van der Waals surface area contributed by atoms with E-state index in [1.807, 2.05) is 0 Å². The maximum Gasteiger partial charge on any atom is 0.222 e. The Hall–Kier alpha value is -0.690. The summed E-state index contributed by atoms with van der Waals surface area (Å²) in [6.45, 7) is 3.48. The molecule has 1 heterocycles. The third-order valence-electron chi connectivity index (χ3n) is 2.98. The van der Waals surface area contributed by atoms with E-state index in [9.17, 15) is 9.90 Å². The van der Waals surface area contributed by atoms with Crippen LogP contribution in [0.5, 0.6) is 0 Å². The summed E-state index contributed by atoms with van der Waals surface area (Å²) in [7, 11) is 0. The Morgan fingerprint density at radius 1 is 1.50 bits per heavy atom. The minimum Gasteiger partial charge on any atom is -0.393 e. The first-order valence-electron chi connectivity index (χ1n) is 6.46. The van der Waals surface area contributed by atoms with Gasteiger partial charge in [0.15, 0.2) is 0 Å². The molecular weight excluding hydrogens is 236 g/mol. The molecule has 0 saturated carbocycles. The zero-order valence-corrected chi connectivity index (χ0v) is 10.9. The highest BCUT2D eigenvalue weighted by molar-refractivity contribution is 5.76. The van der Waals surface area contributed by atoms with Crippen molar-refractivity contribution >= 4 is 5.91 Å². The fraction of sp³-hybridized carbons (Fsp3) is 0.917. The highest BCUT2D eigenvalue weighted by atomic mass is 16.5. The first-order chi connectivity index (χ1) is 8.53. The molecule has 0 aliphatic carbocycles. The SMILES string of the molecule is CC(O)(CO)CNC(=O)CCOC1CCNCC1. The fourth-order valence-corrected chi connectivity index (χ4v) is 1.71. The van der Waals surface area contributed by atoms with Gasteiger partial charge >= 0.3 is 0 Å². The van der Waals surface area contributed by atoms with Crippen LogP contribution in [0.1, 0.15) is 26.2 Å². The van der Waals surface area contributed by atoms with Crippen molar-refractivity contribution < 1.29 is 19.7 Å². The highest BCUT2D eigenvalue weighted by Gasteiger charge is 2.20. The summed E-state index contributed by atoms with van der Waals surface area (Å²) < 4.78 is 5.60. The van der Waals surface area contributed by atoms with E-state index in [0.29, 0.717) is 6.61 Å². The van der Waals surface area contributed by atoms with Gasteiger partial charge in [0, 0.05) is 13.0 Å². The number of piperidine rings is 1. The van der Waals surface area contributed by atoms with Gasteiger partial charge in [0.2, 0.25) is 5.91 Å². The number of carbonyl (C=O) groups is 1. The number of ether oxygens (including phenoxy) is 1. The molecule has 1 saturated heterocycles. The molecule has 1 unspecified atom stereocenters. The van der Waals surface area contributed by atoms with Crippen LogP contribution in [0.2, 0.25) is 0 Å². The molecule has 0 radical (unpaired) electrons. The van der Waals surface area contributed by atoms with E-state index in [4.69, 9.17) is 9.84 Å². The third-order valence-corrected chi connectivity index (χ3v) is 2.98. The second-order valence-corrected chi connectivity index (χ2v) is 5.00. The Bertz CT molecular complexity index is 252. The summed E-state index contributed by atoms with van der Waals surface area (Å²) in [4.78, 5) is 11.5. The number of rotatable bonds is 7. The van der Waals surface area contributed by atoms with Gasteiger partial charge in [-0.2, -0.15) is 0 Å². The van der Waals surface area contributed by atoms with Gasteiger partial charge in [-0.1, -0.05) is 0 Å². The average Bonchev–Trinajstić information content (AvgIpc) is 2.38. The standard InChI is InChI=1S/C12H24N2O4/c1-12(17,9-15)8-14-11(16)4-7-18-10-2-5-13-6-3-10/h10,13,15,17H,2-9H2,1H3,(H,14,16). The zero-order valence-electron chi connectivity index (χ0n) is 10.9. The first kappa shape index (κ1) is 15.4. The lowest BCUT2D eigenvalue weighted by molar-refractivity contribution is -0.124. The second-order valence-electron chi connectivity index (χ2n) is 5.00. The number of aliphatic hydroxyl groups excluding tert-OH is 1. The lowest BCUT2D eigenvalue weighted by atomic mass is 10.1. The molecule has 4 N–H and O–H groups in total. The number of amides is 1. The van der Waals surface area contributed by atoms with Gasteiger partial charge in [-0.15, -0.1) is 0 Å². The molecule has 1 aliphatic rings. The summed E-state index contributed by atoms with van der Waals surface area (Å²) in [5, 5.41) is 24.1. The van der Waals surface area contributed by atoms with Crippen molar-refractivity contribution in [3.8, 4) is 0 Å². The minimum atomic E-state index is -1.26. The maximum atomic E-state index is 11.5. The van der Waals surface area contributed by atoms with Gasteiger partial charge in [0.1, 0.15) is 5.60 Å². The van der Waals surface area contributed by atoms with Gasteiger partial charge < -0.3 is 25.6 Å². The first-order valence-corrected chi connectivity index (χ1v) is 6.46. The van der Waals surface area contributed by atoms with Gasteiger partial charge in [-0.05, 0) is 32.9 Å². The van der Waals surface area contributed by atoms with Crippen molar-refractivity contribution in [3.05, 3.63) is 0 Å². The van der Waals surface area contributed by atoms with E-state index in [0.717, 1.165) is 25.9 Å². The van der Waals surface area contributed by atoms with E-state index in [1.54, 1.807) is 0 Å². The maximum absolute atomic E-state index is 11.5. The number of hydrogen-bond acceptors (Lipinski definition) is 5. The van der Waals surface area contributed by atoms with Gasteiger partial charge in [-0.3, -0.25) is 4.79 Å². The number of aliphatic hydroxyl groups is 2. The highest BCUT2D eigenvalue weighted by Crippen LogP contribution is 2.07. The summed E-state index contributed by atoms with van der Waals surface area (Å²) in [6, 6.07) is 0. The average molecular weight is 260 g/mol. The molecule has 18 heavy (non-hydrogen) atoms. The minimum absolute atomic E-state index is 0.0513. The van der Waals surface area contributed by atoms with Crippen molar-refractivity contribution in [1.82, 2.24) is 10.6 Å². The Labute approximate surface area is 108 Å². The quantitative estimate of drug-likeness (QED) is 0.471. The zero-order chi connectivity index (χ0) is 13.4. The molecule has 6 nitrogen and oxygen atoms in total. The molecule has 0 aromatic heterocycles. The second kappa shape index (κ2) is 7.68. The van der Waals surface area contributed by atoms with Crippen LogP contribution < -0.4 is 10.6 Å². The van der Waals surface area contributed by atoms with Crippen molar-refractivity contribution in [3.63, 3.8) is 0 Å². The van der Waals surface area contributed by atoms with Crippen molar-refractivity contribution in [2.24, 2.45) is 0 Å². The smallest absolute Gasteiger partial charge is 0.222 e. The molecule has 0 aromatic carbocycles. The van der Waals surface area contributed by atoms with Crippen LogP contribution in [0.3, 0.4) is 0 Å². The lowest BCUT2D eigenvalue weighted by Crippen LogP contribution is -2.43. The molecule has 1 aliphatic heterocycles. The molecule has 6 heteroatoms. The predicted octanol–water partition coefficient (Wildman–Crippen LogP) is -0.995. The molecule has 1 fully saturated rings. The molecular formula is C12H24N2O4. The monoisotopic (exact) mass is 260 g/mol. The summed E-state index contributed by atoms with van der Waals surface area (Å²) in [5.41, 5.74) is -1.26. The van der Waals surface area contributed by atoms with E-state index in [1.165, 1.54) is 6.92 Å². The van der Waals surface area contributed by atoms with Gasteiger partial charge in [-0.25, -0.2) is 0 Å². The van der Waals surface area contributed by atoms with Gasteiger partial charge in [0.25, 0.3) is 0 Å². The molecule has 1 atom stereocenters. The Balaban J connectivity index is 2.06. The molecule has 0 bridgehead atoms. The third kappa shape index (κ3) is 6.30. The van der Waals surface area contributed by atoms with Crippen LogP contribution in [0.25, 0.3) is 0 Å². The van der Waals surface area contributed by atoms with Crippen molar-refractivity contribution in [2.75, 3.05) is 32.8 Å². The van der Waals surface area contributed by atoms with Crippen LogP contribution >= 0.6 is 0 Å². The molecule has 0 spiro atoms. The molecule has 1 amide bonds. The molecule has 106 valence electrons. The largest absolute Gasteiger partial charge is 0.393 e. The van der Waals surface area contributed by atoms with Crippen molar-refractivity contribution in [2.45, 2.75) is 37.9 Å². The van der Waals surface area contributed by atoms with Crippen LogP contribution in [-0.2, 0) is 9.53 Å². The topological polar surface area (TPSA) is 90.8 Å². The summed E-state index contributed by atoms with van der Waals surface area (Å²) in [5.74, 6) is -0.169. The summed E-state index contributed by atoms with van der Waals surface area (Å²) >= 11 is 0. The fourth-order valence-electron chi connectivity index (χ4n) is 1.71. The van der Waals surface area contributed by atoms with E-state index < -0.39 is 5.60 Å². The Kier molecular flexibility index (Phi) is 6.56.